The van der Waals surface area contributed by atoms with Gasteiger partial charge in [0.15, 0.2) is 0 Å². The molecule has 1 aromatic rings. The Morgan fingerprint density at radius 2 is 2.11 bits per heavy atom. The number of aliphatic carboxylic acids is 1. The highest BCUT2D eigenvalue weighted by Gasteiger charge is 2.35. The molecule has 18 heavy (non-hydrogen) atoms. The minimum absolute atomic E-state index is 0.186. The van der Waals surface area contributed by atoms with E-state index in [0.29, 0.717) is 17.2 Å². The van der Waals surface area contributed by atoms with Gasteiger partial charge in [-0.3, -0.25) is 4.79 Å². The summed E-state index contributed by atoms with van der Waals surface area (Å²) in [5, 5.41) is 9.10. The van der Waals surface area contributed by atoms with Crippen LogP contribution in [-0.2, 0) is 4.79 Å². The summed E-state index contributed by atoms with van der Waals surface area (Å²) < 4.78 is 0. The number of rotatable bonds is 2. The fraction of sp³-hybridized carbons (Fsp3) is 0.385. The monoisotopic (exact) mass is 265 g/mol. The van der Waals surface area contributed by atoms with E-state index in [9.17, 15) is 9.59 Å². The molecule has 0 spiro atoms. The van der Waals surface area contributed by atoms with Crippen LogP contribution in [-0.4, -0.2) is 39.6 Å². The number of benzene rings is 1. The molecule has 1 saturated heterocycles. The second-order valence-corrected chi connectivity index (χ2v) is 5.45. The van der Waals surface area contributed by atoms with Gasteiger partial charge >= 0.3 is 5.97 Å². The van der Waals surface area contributed by atoms with Crippen molar-refractivity contribution >= 4 is 23.6 Å². The molecule has 1 aliphatic rings. The van der Waals surface area contributed by atoms with Crippen molar-refractivity contribution in [2.45, 2.75) is 19.9 Å². The minimum Gasteiger partial charge on any atom is -0.480 e. The number of carbonyl (C=O) groups is 2. The van der Waals surface area contributed by atoms with E-state index in [1.165, 1.54) is 16.7 Å². The maximum atomic E-state index is 12.4. The molecule has 0 aromatic heterocycles. The molecule has 0 unspecified atom stereocenters. The molecule has 4 nitrogen and oxygen atoms in total. The summed E-state index contributed by atoms with van der Waals surface area (Å²) in [5.41, 5.74) is 2.48. The van der Waals surface area contributed by atoms with Gasteiger partial charge in [-0.1, -0.05) is 17.7 Å². The van der Waals surface area contributed by atoms with E-state index in [-0.39, 0.29) is 5.91 Å². The molecule has 0 bridgehead atoms. The zero-order chi connectivity index (χ0) is 13.3. The molecular weight excluding hydrogens is 250 g/mol. The maximum absolute atomic E-state index is 12.4. The van der Waals surface area contributed by atoms with Crippen LogP contribution in [0.4, 0.5) is 0 Å². The van der Waals surface area contributed by atoms with E-state index in [2.05, 4.69) is 0 Å². The van der Waals surface area contributed by atoms with Crippen molar-refractivity contribution in [3.05, 3.63) is 34.9 Å². The van der Waals surface area contributed by atoms with Gasteiger partial charge in [-0.15, -0.1) is 11.8 Å². The average molecular weight is 265 g/mol. The van der Waals surface area contributed by atoms with Gasteiger partial charge < -0.3 is 10.0 Å². The Hall–Kier alpha value is -1.49. The quantitative estimate of drug-likeness (QED) is 0.887. The first kappa shape index (κ1) is 13.0. The third kappa shape index (κ3) is 2.36. The molecule has 0 saturated carbocycles. The van der Waals surface area contributed by atoms with Gasteiger partial charge in [-0.05, 0) is 25.5 Å². The van der Waals surface area contributed by atoms with E-state index in [0.717, 1.165) is 11.1 Å². The highest BCUT2D eigenvalue weighted by atomic mass is 32.2. The standard InChI is InChI=1S/C13H15NO3S/c1-8-3-4-9(2)10(5-8)12(15)14-7-18-6-11(14)13(16)17/h3-5,11H,6-7H2,1-2H3,(H,16,17)/t11-/m0/s1. The van der Waals surface area contributed by atoms with Gasteiger partial charge in [0.1, 0.15) is 6.04 Å². The highest BCUT2D eigenvalue weighted by Crippen LogP contribution is 2.24. The van der Waals surface area contributed by atoms with Crippen LogP contribution in [0.2, 0.25) is 0 Å². The molecule has 1 aromatic carbocycles. The normalized spacial score (nSPS) is 19.0. The van der Waals surface area contributed by atoms with Crippen molar-refractivity contribution in [3.8, 4) is 0 Å². The fourth-order valence-electron chi connectivity index (χ4n) is 1.97. The van der Waals surface area contributed by atoms with Crippen molar-refractivity contribution in [2.24, 2.45) is 0 Å². The van der Waals surface area contributed by atoms with Crippen molar-refractivity contribution in [2.75, 3.05) is 11.6 Å². The molecule has 1 atom stereocenters. The molecular formula is C13H15NO3S. The molecule has 1 N–H and O–H groups in total. The van der Waals surface area contributed by atoms with Crippen molar-refractivity contribution in [1.29, 1.82) is 0 Å². The van der Waals surface area contributed by atoms with Crippen LogP contribution in [0.15, 0.2) is 18.2 Å². The topological polar surface area (TPSA) is 57.6 Å². The van der Waals surface area contributed by atoms with Crippen LogP contribution >= 0.6 is 11.8 Å². The summed E-state index contributed by atoms with van der Waals surface area (Å²) in [6.07, 6.45) is 0. The minimum atomic E-state index is -0.932. The van der Waals surface area contributed by atoms with E-state index >= 15 is 0 Å². The Labute approximate surface area is 110 Å². The number of aryl methyl sites for hydroxylation is 2. The molecule has 0 aliphatic carbocycles. The summed E-state index contributed by atoms with van der Waals surface area (Å²) in [6, 6.07) is 4.95. The Kier molecular flexibility index (Phi) is 3.61. The lowest BCUT2D eigenvalue weighted by atomic mass is 10.0. The lowest BCUT2D eigenvalue weighted by Gasteiger charge is -2.21. The Morgan fingerprint density at radius 3 is 2.78 bits per heavy atom. The van der Waals surface area contributed by atoms with Crippen LogP contribution in [0.25, 0.3) is 0 Å². The zero-order valence-electron chi connectivity index (χ0n) is 10.3. The second-order valence-electron chi connectivity index (χ2n) is 4.45. The number of nitrogens with zero attached hydrogens (tertiary/aromatic N) is 1. The Bertz CT molecular complexity index is 501. The predicted molar refractivity (Wildman–Crippen MR) is 70.8 cm³/mol. The van der Waals surface area contributed by atoms with Crippen LogP contribution < -0.4 is 0 Å². The summed E-state index contributed by atoms with van der Waals surface area (Å²) in [6.45, 7) is 3.79. The summed E-state index contributed by atoms with van der Waals surface area (Å²) in [7, 11) is 0. The van der Waals surface area contributed by atoms with Crippen LogP contribution in [0.1, 0.15) is 21.5 Å². The number of carbonyl (C=O) groups excluding carboxylic acids is 1. The number of hydrogen-bond acceptors (Lipinski definition) is 3. The molecule has 0 radical (unpaired) electrons. The van der Waals surface area contributed by atoms with Gasteiger partial charge in [0, 0.05) is 11.3 Å². The molecule has 96 valence electrons. The molecule has 1 amide bonds. The number of amides is 1. The molecule has 5 heteroatoms. The van der Waals surface area contributed by atoms with Crippen molar-refractivity contribution in [1.82, 2.24) is 4.90 Å². The van der Waals surface area contributed by atoms with E-state index in [1.807, 2.05) is 32.0 Å². The van der Waals surface area contributed by atoms with Gasteiger partial charge in [-0.25, -0.2) is 4.79 Å². The molecule has 1 heterocycles. The average Bonchev–Trinajstić information content (AvgIpc) is 2.80. The van der Waals surface area contributed by atoms with Gasteiger partial charge in [-0.2, -0.15) is 0 Å². The first-order chi connectivity index (χ1) is 8.50. The van der Waals surface area contributed by atoms with Crippen LogP contribution in [0.3, 0.4) is 0 Å². The Morgan fingerprint density at radius 1 is 1.39 bits per heavy atom. The third-order valence-corrected chi connectivity index (χ3v) is 4.06. The first-order valence-corrected chi connectivity index (χ1v) is 6.85. The van der Waals surface area contributed by atoms with Crippen LogP contribution in [0.5, 0.6) is 0 Å². The summed E-state index contributed by atoms with van der Waals surface area (Å²) >= 11 is 1.48. The summed E-state index contributed by atoms with van der Waals surface area (Å²) in [5.74, 6) is -0.206. The second kappa shape index (κ2) is 5.02. The van der Waals surface area contributed by atoms with Crippen molar-refractivity contribution in [3.63, 3.8) is 0 Å². The molecule has 1 aliphatic heterocycles. The van der Waals surface area contributed by atoms with E-state index in [4.69, 9.17) is 5.11 Å². The van der Waals surface area contributed by atoms with Gasteiger partial charge in [0.2, 0.25) is 0 Å². The number of carboxylic acid groups (broad SMARTS) is 1. The van der Waals surface area contributed by atoms with Gasteiger partial charge in [0.25, 0.3) is 5.91 Å². The van der Waals surface area contributed by atoms with Crippen molar-refractivity contribution < 1.29 is 14.7 Å². The predicted octanol–water partition coefficient (Wildman–Crippen LogP) is 1.90. The third-order valence-electron chi connectivity index (χ3n) is 3.05. The van der Waals surface area contributed by atoms with E-state index in [1.54, 1.807) is 0 Å². The zero-order valence-corrected chi connectivity index (χ0v) is 11.2. The first-order valence-electron chi connectivity index (χ1n) is 5.69. The molecule has 2 rings (SSSR count). The SMILES string of the molecule is Cc1ccc(C)c(C(=O)N2CSC[C@H]2C(=O)O)c1. The largest absolute Gasteiger partial charge is 0.480 e. The lowest BCUT2D eigenvalue weighted by Crippen LogP contribution is -2.42. The Balaban J connectivity index is 2.31. The number of thioether (sulfide) groups is 1. The number of hydrogen-bond donors (Lipinski definition) is 1. The number of carboxylic acids is 1. The molecule has 1 fully saturated rings. The van der Waals surface area contributed by atoms with Gasteiger partial charge in [0.05, 0.1) is 5.88 Å². The lowest BCUT2D eigenvalue weighted by molar-refractivity contribution is -0.140. The highest BCUT2D eigenvalue weighted by molar-refractivity contribution is 7.99. The smallest absolute Gasteiger partial charge is 0.327 e. The summed E-state index contributed by atoms with van der Waals surface area (Å²) in [4.78, 5) is 24.9. The fourth-order valence-corrected chi connectivity index (χ4v) is 3.11. The maximum Gasteiger partial charge on any atom is 0.327 e. The van der Waals surface area contributed by atoms with E-state index < -0.39 is 12.0 Å². The van der Waals surface area contributed by atoms with Crippen LogP contribution in [0, 0.1) is 13.8 Å².